The fraction of sp³-hybridized carbons (Fsp3) is 0.235. The van der Waals surface area contributed by atoms with E-state index < -0.39 is 0 Å². The van der Waals surface area contributed by atoms with Crippen molar-refractivity contribution >= 4 is 21.6 Å². The number of aromatic nitrogens is 2. The zero-order chi connectivity index (χ0) is 14.3. The van der Waals surface area contributed by atoms with Crippen molar-refractivity contribution in [3.8, 4) is 11.3 Å². The van der Waals surface area contributed by atoms with Crippen LogP contribution in [0.25, 0.3) is 16.9 Å². The van der Waals surface area contributed by atoms with Crippen LogP contribution in [-0.4, -0.2) is 9.38 Å². The normalized spacial score (nSPS) is 11.4. The van der Waals surface area contributed by atoms with E-state index in [-0.39, 0.29) is 0 Å². The Balaban J connectivity index is 2.05. The van der Waals surface area contributed by atoms with E-state index in [4.69, 9.17) is 4.98 Å². The molecule has 1 aromatic carbocycles. The van der Waals surface area contributed by atoms with Gasteiger partial charge in [0.2, 0.25) is 0 Å². The minimum Gasteiger partial charge on any atom is -0.305 e. The molecule has 102 valence electrons. The van der Waals surface area contributed by atoms with Gasteiger partial charge in [0.1, 0.15) is 5.65 Å². The van der Waals surface area contributed by atoms with Gasteiger partial charge in [-0.05, 0) is 46.0 Å². The summed E-state index contributed by atoms with van der Waals surface area (Å²) in [6.45, 7) is 6.50. The molecule has 0 fully saturated rings. The zero-order valence-corrected chi connectivity index (χ0v) is 13.5. The summed E-state index contributed by atoms with van der Waals surface area (Å²) in [6.07, 6.45) is 4.13. The Bertz CT molecular complexity index is 716. The van der Waals surface area contributed by atoms with Crippen LogP contribution in [0, 0.1) is 6.92 Å². The van der Waals surface area contributed by atoms with Crippen LogP contribution in [0.15, 0.2) is 47.2 Å². The lowest BCUT2D eigenvalue weighted by atomic mass is 10.0. The molecule has 0 saturated carbocycles. The number of fused-ring (bicyclic) bond motifs is 1. The van der Waals surface area contributed by atoms with Gasteiger partial charge in [0.15, 0.2) is 0 Å². The average Bonchev–Trinajstić information content (AvgIpc) is 2.82. The number of halogens is 1. The summed E-state index contributed by atoms with van der Waals surface area (Å²) in [7, 11) is 0. The number of nitrogens with zero attached hydrogens (tertiary/aromatic N) is 2. The van der Waals surface area contributed by atoms with Crippen LogP contribution in [0.5, 0.6) is 0 Å². The van der Waals surface area contributed by atoms with Crippen LogP contribution in [0.1, 0.15) is 30.9 Å². The van der Waals surface area contributed by atoms with E-state index in [1.807, 2.05) is 0 Å². The van der Waals surface area contributed by atoms with E-state index >= 15 is 0 Å². The molecule has 0 N–H and O–H groups in total. The van der Waals surface area contributed by atoms with Crippen LogP contribution >= 0.6 is 15.9 Å². The van der Waals surface area contributed by atoms with Crippen molar-refractivity contribution in [3.63, 3.8) is 0 Å². The lowest BCUT2D eigenvalue weighted by Gasteiger charge is -2.05. The average molecular weight is 329 g/mol. The summed E-state index contributed by atoms with van der Waals surface area (Å²) in [5, 5.41) is 0. The van der Waals surface area contributed by atoms with E-state index in [9.17, 15) is 0 Å². The maximum atomic E-state index is 4.70. The molecule has 0 aliphatic rings. The number of pyridine rings is 1. The van der Waals surface area contributed by atoms with Gasteiger partial charge in [0.05, 0.1) is 5.69 Å². The van der Waals surface area contributed by atoms with Crippen molar-refractivity contribution in [2.75, 3.05) is 0 Å². The van der Waals surface area contributed by atoms with Crippen molar-refractivity contribution in [2.45, 2.75) is 26.7 Å². The molecule has 0 unspecified atom stereocenters. The molecule has 3 rings (SSSR count). The van der Waals surface area contributed by atoms with Gasteiger partial charge in [-0.3, -0.25) is 0 Å². The van der Waals surface area contributed by atoms with Crippen molar-refractivity contribution in [1.82, 2.24) is 9.38 Å². The fourth-order valence-corrected chi connectivity index (χ4v) is 2.62. The third kappa shape index (κ3) is 2.38. The first-order chi connectivity index (χ1) is 9.54. The molecular formula is C17H17BrN2. The lowest BCUT2D eigenvalue weighted by molar-refractivity contribution is 0.867. The highest BCUT2D eigenvalue weighted by atomic mass is 79.9. The summed E-state index contributed by atoms with van der Waals surface area (Å²) >= 11 is 3.56. The van der Waals surface area contributed by atoms with Crippen molar-refractivity contribution < 1.29 is 0 Å². The maximum absolute atomic E-state index is 4.70. The number of rotatable bonds is 2. The first-order valence-corrected chi connectivity index (χ1v) is 7.59. The molecule has 2 heterocycles. The molecule has 3 heteroatoms. The van der Waals surface area contributed by atoms with Gasteiger partial charge < -0.3 is 4.40 Å². The predicted octanol–water partition coefficient (Wildman–Crippen LogP) is 5.20. The second-order valence-corrected chi connectivity index (χ2v) is 6.33. The highest BCUT2D eigenvalue weighted by Gasteiger charge is 2.07. The smallest absolute Gasteiger partial charge is 0.137 e. The Morgan fingerprint density at radius 1 is 1.10 bits per heavy atom. The number of aryl methyl sites for hydroxylation is 1. The molecule has 20 heavy (non-hydrogen) atoms. The van der Waals surface area contributed by atoms with Gasteiger partial charge in [0, 0.05) is 22.4 Å². The SMILES string of the molecule is Cc1cc2nc(-c3ccc(C(C)C)cc3)cn2cc1Br. The second-order valence-electron chi connectivity index (χ2n) is 5.47. The molecule has 2 aromatic heterocycles. The monoisotopic (exact) mass is 328 g/mol. The van der Waals surface area contributed by atoms with E-state index in [0.29, 0.717) is 5.92 Å². The van der Waals surface area contributed by atoms with Crippen molar-refractivity contribution in [3.05, 3.63) is 58.3 Å². The van der Waals surface area contributed by atoms with Gasteiger partial charge in [-0.2, -0.15) is 0 Å². The quantitative estimate of drug-likeness (QED) is 0.632. The van der Waals surface area contributed by atoms with E-state index in [1.54, 1.807) is 0 Å². The summed E-state index contributed by atoms with van der Waals surface area (Å²) < 4.78 is 3.16. The molecule has 0 bridgehead atoms. The summed E-state index contributed by atoms with van der Waals surface area (Å²) in [4.78, 5) is 4.70. The summed E-state index contributed by atoms with van der Waals surface area (Å²) in [6, 6.07) is 10.8. The molecule has 0 saturated heterocycles. The standard InChI is InChI=1S/C17H17BrN2/c1-11(2)13-4-6-14(7-5-13)16-10-20-9-15(18)12(3)8-17(20)19-16/h4-11H,1-3H3. The van der Waals surface area contributed by atoms with Gasteiger partial charge >= 0.3 is 0 Å². The van der Waals surface area contributed by atoms with Crippen LogP contribution < -0.4 is 0 Å². The number of hydrogen-bond donors (Lipinski definition) is 0. The van der Waals surface area contributed by atoms with Gasteiger partial charge in [0.25, 0.3) is 0 Å². The van der Waals surface area contributed by atoms with Gasteiger partial charge in [-0.1, -0.05) is 38.1 Å². The number of imidazole rings is 1. The topological polar surface area (TPSA) is 17.3 Å². The third-order valence-corrected chi connectivity index (χ3v) is 4.44. The Morgan fingerprint density at radius 2 is 1.80 bits per heavy atom. The molecule has 0 aliphatic heterocycles. The highest BCUT2D eigenvalue weighted by molar-refractivity contribution is 9.10. The summed E-state index contributed by atoms with van der Waals surface area (Å²) in [5.74, 6) is 0.559. The zero-order valence-electron chi connectivity index (χ0n) is 11.9. The highest BCUT2D eigenvalue weighted by Crippen LogP contribution is 2.24. The minimum atomic E-state index is 0.559. The van der Waals surface area contributed by atoms with Crippen LogP contribution in [0.4, 0.5) is 0 Å². The summed E-state index contributed by atoms with van der Waals surface area (Å²) in [5.41, 5.74) is 5.71. The Kier molecular flexibility index (Phi) is 3.38. The Hall–Kier alpha value is -1.61. The van der Waals surface area contributed by atoms with E-state index in [2.05, 4.69) is 83.8 Å². The lowest BCUT2D eigenvalue weighted by Crippen LogP contribution is -1.86. The van der Waals surface area contributed by atoms with E-state index in [0.717, 1.165) is 21.4 Å². The number of hydrogen-bond acceptors (Lipinski definition) is 1. The molecule has 2 nitrogen and oxygen atoms in total. The molecule has 0 amide bonds. The van der Waals surface area contributed by atoms with Crippen LogP contribution in [0.2, 0.25) is 0 Å². The molecule has 0 radical (unpaired) electrons. The number of benzene rings is 1. The third-order valence-electron chi connectivity index (χ3n) is 3.61. The predicted molar refractivity (Wildman–Crippen MR) is 87.2 cm³/mol. The van der Waals surface area contributed by atoms with Crippen molar-refractivity contribution in [1.29, 1.82) is 0 Å². The Labute approximate surface area is 127 Å². The maximum Gasteiger partial charge on any atom is 0.137 e. The minimum absolute atomic E-state index is 0.559. The molecule has 0 atom stereocenters. The first-order valence-electron chi connectivity index (χ1n) is 6.80. The fourth-order valence-electron chi connectivity index (χ4n) is 2.28. The second kappa shape index (κ2) is 5.06. The Morgan fingerprint density at radius 3 is 2.45 bits per heavy atom. The molecular weight excluding hydrogens is 312 g/mol. The first kappa shape index (κ1) is 13.4. The van der Waals surface area contributed by atoms with Gasteiger partial charge in [-0.15, -0.1) is 0 Å². The molecule has 0 aliphatic carbocycles. The van der Waals surface area contributed by atoms with E-state index in [1.165, 1.54) is 11.1 Å². The van der Waals surface area contributed by atoms with Gasteiger partial charge in [-0.25, -0.2) is 4.98 Å². The molecule has 3 aromatic rings. The van der Waals surface area contributed by atoms with Crippen LogP contribution in [-0.2, 0) is 0 Å². The molecule has 0 spiro atoms. The van der Waals surface area contributed by atoms with Crippen molar-refractivity contribution in [2.24, 2.45) is 0 Å². The van der Waals surface area contributed by atoms with Crippen LogP contribution in [0.3, 0.4) is 0 Å². The largest absolute Gasteiger partial charge is 0.305 e.